The van der Waals surface area contributed by atoms with Gasteiger partial charge in [-0.2, -0.15) is 0 Å². The molecule has 2 rings (SSSR count). The summed E-state index contributed by atoms with van der Waals surface area (Å²) in [5.41, 5.74) is 5.50. The highest BCUT2D eigenvalue weighted by atomic mass is 35.5. The van der Waals surface area contributed by atoms with Crippen LogP contribution >= 0.6 is 11.6 Å². The van der Waals surface area contributed by atoms with Gasteiger partial charge in [-0.25, -0.2) is 4.79 Å². The number of nitrogens with one attached hydrogen (secondary N) is 1. The summed E-state index contributed by atoms with van der Waals surface area (Å²) in [5, 5.41) is 3.04. The lowest BCUT2D eigenvalue weighted by Crippen LogP contribution is -2.41. The predicted octanol–water partition coefficient (Wildman–Crippen LogP) is 2.81. The van der Waals surface area contributed by atoms with Crippen molar-refractivity contribution < 1.29 is 14.3 Å². The molecule has 2 amide bonds. The minimum absolute atomic E-state index is 0.339. The van der Waals surface area contributed by atoms with Gasteiger partial charge in [-0.3, -0.25) is 0 Å². The number of hydrogen-bond acceptors (Lipinski definition) is 3. The number of urea groups is 1. The fourth-order valence-electron chi connectivity index (χ4n) is 2.44. The van der Waals surface area contributed by atoms with Crippen LogP contribution in [-0.2, 0) is 15.1 Å². The summed E-state index contributed by atoms with van der Waals surface area (Å²) in [5.74, 6) is 0. The van der Waals surface area contributed by atoms with Crippen molar-refractivity contribution in [3.8, 4) is 0 Å². The number of ether oxygens (including phenoxy) is 2. The molecule has 0 fully saturated rings. The van der Waals surface area contributed by atoms with Gasteiger partial charge in [0, 0.05) is 30.5 Å². The molecule has 0 bridgehead atoms. The van der Waals surface area contributed by atoms with E-state index in [1.807, 2.05) is 24.3 Å². The SMILES string of the molecule is COC1C=CC=CC1(OC)c1cc(NC(N)=O)ccc1Cl. The van der Waals surface area contributed by atoms with Gasteiger partial charge in [0.1, 0.15) is 11.7 Å². The number of anilines is 1. The molecule has 0 saturated heterocycles. The molecule has 2 unspecified atom stereocenters. The summed E-state index contributed by atoms with van der Waals surface area (Å²) >= 11 is 6.32. The van der Waals surface area contributed by atoms with Gasteiger partial charge in [0.05, 0.1) is 0 Å². The largest absolute Gasteiger partial charge is 0.374 e. The van der Waals surface area contributed by atoms with E-state index in [1.54, 1.807) is 32.4 Å². The van der Waals surface area contributed by atoms with E-state index in [2.05, 4.69) is 5.32 Å². The van der Waals surface area contributed by atoms with E-state index in [0.29, 0.717) is 16.3 Å². The predicted molar refractivity (Wildman–Crippen MR) is 82.4 cm³/mol. The molecule has 1 aliphatic carbocycles. The molecule has 0 radical (unpaired) electrons. The van der Waals surface area contributed by atoms with Crippen molar-refractivity contribution in [1.29, 1.82) is 0 Å². The zero-order valence-corrected chi connectivity index (χ0v) is 12.6. The normalized spacial score (nSPS) is 24.0. The van der Waals surface area contributed by atoms with E-state index in [4.69, 9.17) is 26.8 Å². The van der Waals surface area contributed by atoms with Crippen LogP contribution < -0.4 is 11.1 Å². The van der Waals surface area contributed by atoms with Gasteiger partial charge in [-0.05, 0) is 24.3 Å². The van der Waals surface area contributed by atoms with E-state index in [-0.39, 0.29) is 6.10 Å². The maximum Gasteiger partial charge on any atom is 0.316 e. The number of halogens is 1. The van der Waals surface area contributed by atoms with Crippen LogP contribution in [0.4, 0.5) is 10.5 Å². The van der Waals surface area contributed by atoms with Gasteiger partial charge >= 0.3 is 6.03 Å². The number of carbonyl (C=O) groups is 1. The quantitative estimate of drug-likeness (QED) is 0.898. The van der Waals surface area contributed by atoms with Crippen LogP contribution in [0.15, 0.2) is 42.5 Å². The third-order valence-electron chi connectivity index (χ3n) is 3.41. The van der Waals surface area contributed by atoms with Crippen molar-refractivity contribution in [1.82, 2.24) is 0 Å². The molecule has 1 aliphatic rings. The Kier molecular flexibility index (Phi) is 4.67. The zero-order chi connectivity index (χ0) is 15.5. The second kappa shape index (κ2) is 6.30. The Morgan fingerprint density at radius 3 is 2.76 bits per heavy atom. The minimum Gasteiger partial charge on any atom is -0.374 e. The van der Waals surface area contributed by atoms with Crippen LogP contribution in [0.1, 0.15) is 5.56 Å². The molecule has 0 saturated carbocycles. The van der Waals surface area contributed by atoms with E-state index in [0.717, 1.165) is 0 Å². The maximum atomic E-state index is 11.0. The fourth-order valence-corrected chi connectivity index (χ4v) is 2.70. The number of rotatable bonds is 4. The third-order valence-corrected chi connectivity index (χ3v) is 3.74. The van der Waals surface area contributed by atoms with E-state index >= 15 is 0 Å². The first-order valence-electron chi connectivity index (χ1n) is 6.34. The van der Waals surface area contributed by atoms with Gasteiger partial charge in [0.2, 0.25) is 0 Å². The number of primary amides is 1. The van der Waals surface area contributed by atoms with Crippen molar-refractivity contribution >= 4 is 23.3 Å². The average Bonchev–Trinajstić information content (AvgIpc) is 2.48. The van der Waals surface area contributed by atoms with Crippen molar-refractivity contribution in [2.24, 2.45) is 5.73 Å². The van der Waals surface area contributed by atoms with Crippen molar-refractivity contribution in [2.45, 2.75) is 11.7 Å². The molecule has 0 aromatic heterocycles. The van der Waals surface area contributed by atoms with Crippen LogP contribution in [0.2, 0.25) is 5.02 Å². The molecule has 0 aliphatic heterocycles. The lowest BCUT2D eigenvalue weighted by atomic mass is 9.84. The van der Waals surface area contributed by atoms with Crippen molar-refractivity contribution in [2.75, 3.05) is 19.5 Å². The number of allylic oxidation sites excluding steroid dienone is 2. The Morgan fingerprint density at radius 2 is 2.14 bits per heavy atom. The van der Waals surface area contributed by atoms with Crippen LogP contribution in [0.5, 0.6) is 0 Å². The molecule has 112 valence electrons. The third kappa shape index (κ3) is 2.95. The summed E-state index contributed by atoms with van der Waals surface area (Å²) in [6.45, 7) is 0. The van der Waals surface area contributed by atoms with Crippen molar-refractivity contribution in [3.05, 3.63) is 53.1 Å². The van der Waals surface area contributed by atoms with Gasteiger partial charge in [0.25, 0.3) is 0 Å². The molecular weight excluding hydrogens is 292 g/mol. The lowest BCUT2D eigenvalue weighted by Gasteiger charge is -2.37. The summed E-state index contributed by atoms with van der Waals surface area (Å²) in [6.07, 6.45) is 7.16. The Bertz CT molecular complexity index is 601. The number of nitrogens with two attached hydrogens (primary N) is 1. The summed E-state index contributed by atoms with van der Waals surface area (Å²) in [6, 6.07) is 4.44. The van der Waals surface area contributed by atoms with E-state index in [9.17, 15) is 4.79 Å². The highest BCUT2D eigenvalue weighted by Gasteiger charge is 2.40. The average molecular weight is 309 g/mol. The molecule has 0 spiro atoms. The number of hydrogen-bond donors (Lipinski definition) is 2. The first-order valence-corrected chi connectivity index (χ1v) is 6.71. The zero-order valence-electron chi connectivity index (χ0n) is 11.8. The van der Waals surface area contributed by atoms with Crippen LogP contribution in [-0.4, -0.2) is 26.4 Å². The van der Waals surface area contributed by atoms with Crippen LogP contribution in [0.3, 0.4) is 0 Å². The summed E-state index contributed by atoms with van der Waals surface area (Å²) in [4.78, 5) is 11.0. The molecule has 6 heteroatoms. The van der Waals surface area contributed by atoms with Gasteiger partial charge < -0.3 is 20.5 Å². The number of methoxy groups -OCH3 is 2. The molecule has 3 N–H and O–H groups in total. The van der Waals surface area contributed by atoms with E-state index < -0.39 is 11.6 Å². The Balaban J connectivity index is 2.53. The monoisotopic (exact) mass is 308 g/mol. The molecule has 21 heavy (non-hydrogen) atoms. The summed E-state index contributed by atoms with van der Waals surface area (Å²) in [7, 11) is 3.18. The lowest BCUT2D eigenvalue weighted by molar-refractivity contribution is -0.0709. The standard InChI is InChI=1S/C15H17ClN2O3/c1-20-13-5-3-4-8-15(13,21-2)11-9-10(18-14(17)19)6-7-12(11)16/h3-9,13H,1-2H3,(H3,17,18,19). The number of amides is 2. The van der Waals surface area contributed by atoms with Gasteiger partial charge in [-0.15, -0.1) is 0 Å². The molecule has 5 nitrogen and oxygen atoms in total. The second-order valence-corrected chi connectivity index (χ2v) is 4.99. The number of carbonyl (C=O) groups excluding carboxylic acids is 1. The van der Waals surface area contributed by atoms with Gasteiger partial charge in [-0.1, -0.05) is 29.8 Å². The van der Waals surface area contributed by atoms with E-state index in [1.165, 1.54) is 0 Å². The van der Waals surface area contributed by atoms with Crippen LogP contribution in [0.25, 0.3) is 0 Å². The van der Waals surface area contributed by atoms with Crippen molar-refractivity contribution in [3.63, 3.8) is 0 Å². The Labute approximate surface area is 128 Å². The minimum atomic E-state index is -0.865. The highest BCUT2D eigenvalue weighted by molar-refractivity contribution is 6.31. The Hall–Kier alpha value is -1.82. The smallest absolute Gasteiger partial charge is 0.316 e. The number of benzene rings is 1. The fraction of sp³-hybridized carbons (Fsp3) is 0.267. The Morgan fingerprint density at radius 1 is 1.38 bits per heavy atom. The first kappa shape index (κ1) is 15.6. The van der Waals surface area contributed by atoms with Gasteiger partial charge in [0.15, 0.2) is 0 Å². The molecule has 2 atom stereocenters. The second-order valence-electron chi connectivity index (χ2n) is 4.58. The first-order chi connectivity index (χ1) is 10.0. The van der Waals surface area contributed by atoms with Crippen LogP contribution in [0, 0.1) is 0 Å². The molecule has 1 aromatic carbocycles. The summed E-state index contributed by atoms with van der Waals surface area (Å²) < 4.78 is 11.2. The highest BCUT2D eigenvalue weighted by Crippen LogP contribution is 2.40. The molecule has 0 heterocycles. The molecular formula is C15H17ClN2O3. The maximum absolute atomic E-state index is 11.0. The topological polar surface area (TPSA) is 73.6 Å². The molecule has 1 aromatic rings.